The lowest BCUT2D eigenvalue weighted by Gasteiger charge is -2.17. The highest BCUT2D eigenvalue weighted by atomic mass is 79.9. The molecule has 0 aliphatic rings. The highest BCUT2D eigenvalue weighted by Gasteiger charge is 2.23. The number of hydrogen-bond donors (Lipinski definition) is 1. The van der Waals surface area contributed by atoms with E-state index in [2.05, 4.69) is 26.1 Å². The van der Waals surface area contributed by atoms with E-state index in [0.29, 0.717) is 23.4 Å². The Bertz CT molecular complexity index is 647. The molecule has 0 spiro atoms. The second-order valence-electron chi connectivity index (χ2n) is 4.48. The molecule has 0 aliphatic carbocycles. The second-order valence-corrected chi connectivity index (χ2v) is 5.33. The maximum Gasteiger partial charge on any atom is 0.145 e. The lowest BCUT2D eigenvalue weighted by molar-refractivity contribution is 0.537. The molecule has 0 radical (unpaired) electrons. The van der Waals surface area contributed by atoms with Crippen molar-refractivity contribution in [3.05, 3.63) is 56.8 Å². The SMILES string of the molecule is CCc1nnc(C)cc1C(N)c1c(F)ccc(Br)c1F. The smallest absolute Gasteiger partial charge is 0.145 e. The third kappa shape index (κ3) is 2.71. The summed E-state index contributed by atoms with van der Waals surface area (Å²) in [5.41, 5.74) is 7.79. The zero-order chi connectivity index (χ0) is 14.9. The minimum atomic E-state index is -0.920. The Morgan fingerprint density at radius 2 is 2.00 bits per heavy atom. The minimum Gasteiger partial charge on any atom is -0.320 e. The first-order valence-electron chi connectivity index (χ1n) is 6.17. The fourth-order valence-electron chi connectivity index (χ4n) is 2.06. The van der Waals surface area contributed by atoms with E-state index in [1.807, 2.05) is 6.92 Å². The Labute approximate surface area is 124 Å². The van der Waals surface area contributed by atoms with Crippen LogP contribution in [0.4, 0.5) is 8.78 Å². The van der Waals surface area contributed by atoms with Gasteiger partial charge in [0.25, 0.3) is 0 Å². The van der Waals surface area contributed by atoms with Crippen LogP contribution in [0.3, 0.4) is 0 Å². The van der Waals surface area contributed by atoms with Gasteiger partial charge in [-0.2, -0.15) is 10.2 Å². The zero-order valence-electron chi connectivity index (χ0n) is 11.1. The number of aromatic nitrogens is 2. The van der Waals surface area contributed by atoms with Crippen LogP contribution in [0.2, 0.25) is 0 Å². The van der Waals surface area contributed by atoms with Crippen molar-refractivity contribution in [2.75, 3.05) is 0 Å². The number of aryl methyl sites for hydroxylation is 2. The summed E-state index contributed by atoms with van der Waals surface area (Å²) >= 11 is 3.05. The van der Waals surface area contributed by atoms with E-state index in [4.69, 9.17) is 5.73 Å². The maximum atomic E-state index is 14.1. The standard InChI is InChI=1S/C14H14BrF2N3/c1-3-11-8(6-7(2)19-20-11)14(18)12-10(16)5-4-9(15)13(12)17/h4-6,14H,3,18H2,1-2H3. The van der Waals surface area contributed by atoms with Gasteiger partial charge in [0.15, 0.2) is 0 Å². The molecule has 0 fully saturated rings. The van der Waals surface area contributed by atoms with Crippen molar-refractivity contribution >= 4 is 15.9 Å². The van der Waals surface area contributed by atoms with Gasteiger partial charge in [-0.3, -0.25) is 0 Å². The van der Waals surface area contributed by atoms with Crippen LogP contribution in [-0.4, -0.2) is 10.2 Å². The molecule has 20 heavy (non-hydrogen) atoms. The summed E-state index contributed by atoms with van der Waals surface area (Å²) in [7, 11) is 0. The molecule has 0 amide bonds. The monoisotopic (exact) mass is 341 g/mol. The first-order valence-corrected chi connectivity index (χ1v) is 6.97. The van der Waals surface area contributed by atoms with Crippen LogP contribution in [0.25, 0.3) is 0 Å². The van der Waals surface area contributed by atoms with Gasteiger partial charge in [-0.1, -0.05) is 6.92 Å². The van der Waals surface area contributed by atoms with Crippen LogP contribution in [0, 0.1) is 18.6 Å². The van der Waals surface area contributed by atoms with Crippen molar-refractivity contribution in [3.8, 4) is 0 Å². The number of nitrogens with zero attached hydrogens (tertiary/aromatic N) is 2. The molecule has 1 heterocycles. The van der Waals surface area contributed by atoms with E-state index in [1.165, 1.54) is 12.1 Å². The first kappa shape index (κ1) is 15.0. The van der Waals surface area contributed by atoms with Gasteiger partial charge < -0.3 is 5.73 Å². The number of rotatable bonds is 3. The van der Waals surface area contributed by atoms with E-state index in [9.17, 15) is 8.78 Å². The molecule has 1 atom stereocenters. The average Bonchev–Trinajstić information content (AvgIpc) is 2.43. The number of nitrogens with two attached hydrogens (primary N) is 1. The Hall–Kier alpha value is -1.40. The molecule has 2 N–H and O–H groups in total. The van der Waals surface area contributed by atoms with E-state index < -0.39 is 17.7 Å². The third-order valence-corrected chi connectivity index (χ3v) is 3.70. The molecule has 0 saturated heterocycles. The summed E-state index contributed by atoms with van der Waals surface area (Å²) < 4.78 is 28.2. The largest absolute Gasteiger partial charge is 0.320 e. The minimum absolute atomic E-state index is 0.165. The average molecular weight is 342 g/mol. The van der Waals surface area contributed by atoms with Crippen molar-refractivity contribution in [3.63, 3.8) is 0 Å². The maximum absolute atomic E-state index is 14.1. The summed E-state index contributed by atoms with van der Waals surface area (Å²) in [5, 5.41) is 7.99. The van der Waals surface area contributed by atoms with Crippen molar-refractivity contribution < 1.29 is 8.78 Å². The van der Waals surface area contributed by atoms with Crippen LogP contribution in [-0.2, 0) is 6.42 Å². The summed E-state index contributed by atoms with van der Waals surface area (Å²) in [6.45, 7) is 3.65. The molecule has 1 aromatic carbocycles. The quantitative estimate of drug-likeness (QED) is 0.870. The topological polar surface area (TPSA) is 51.8 Å². The van der Waals surface area contributed by atoms with Crippen molar-refractivity contribution in [1.29, 1.82) is 0 Å². The zero-order valence-corrected chi connectivity index (χ0v) is 12.7. The Kier molecular flexibility index (Phi) is 4.45. The molecule has 2 aromatic rings. The lowest BCUT2D eigenvalue weighted by Crippen LogP contribution is -2.19. The normalized spacial score (nSPS) is 12.5. The van der Waals surface area contributed by atoms with Gasteiger partial charge in [0.1, 0.15) is 11.6 Å². The molecule has 3 nitrogen and oxygen atoms in total. The van der Waals surface area contributed by atoms with Crippen LogP contribution in [0.5, 0.6) is 0 Å². The van der Waals surface area contributed by atoms with Crippen LogP contribution in [0.15, 0.2) is 22.7 Å². The number of benzene rings is 1. The Balaban J connectivity index is 2.60. The van der Waals surface area contributed by atoms with Crippen molar-refractivity contribution in [2.24, 2.45) is 5.73 Å². The summed E-state index contributed by atoms with van der Waals surface area (Å²) in [6.07, 6.45) is 0.591. The van der Waals surface area contributed by atoms with Gasteiger partial charge in [-0.15, -0.1) is 0 Å². The Morgan fingerprint density at radius 3 is 2.65 bits per heavy atom. The molecule has 106 valence electrons. The van der Waals surface area contributed by atoms with E-state index in [0.717, 1.165) is 0 Å². The third-order valence-electron chi connectivity index (χ3n) is 3.09. The summed E-state index contributed by atoms with van der Waals surface area (Å²) in [5.74, 6) is -1.36. The van der Waals surface area contributed by atoms with Crippen LogP contribution in [0.1, 0.15) is 35.5 Å². The molecule has 0 saturated carbocycles. The van der Waals surface area contributed by atoms with Crippen molar-refractivity contribution in [2.45, 2.75) is 26.3 Å². The molecule has 6 heteroatoms. The molecule has 2 rings (SSSR count). The van der Waals surface area contributed by atoms with Gasteiger partial charge in [-0.25, -0.2) is 8.78 Å². The van der Waals surface area contributed by atoms with Gasteiger partial charge in [0.2, 0.25) is 0 Å². The van der Waals surface area contributed by atoms with Crippen LogP contribution < -0.4 is 5.73 Å². The number of halogens is 3. The van der Waals surface area contributed by atoms with E-state index in [1.54, 1.807) is 13.0 Å². The first-order chi connectivity index (χ1) is 9.45. The Morgan fingerprint density at radius 1 is 1.30 bits per heavy atom. The van der Waals surface area contributed by atoms with E-state index >= 15 is 0 Å². The molecule has 0 bridgehead atoms. The van der Waals surface area contributed by atoms with Gasteiger partial charge in [-0.05, 0) is 53.0 Å². The molecular formula is C14H14BrF2N3. The molecule has 0 aliphatic heterocycles. The summed E-state index contributed by atoms with van der Waals surface area (Å²) in [4.78, 5) is 0. The highest BCUT2D eigenvalue weighted by Crippen LogP contribution is 2.30. The predicted octanol–water partition coefficient (Wildman–Crippen LogP) is 3.44. The van der Waals surface area contributed by atoms with Crippen LogP contribution >= 0.6 is 15.9 Å². The van der Waals surface area contributed by atoms with Crippen molar-refractivity contribution in [1.82, 2.24) is 10.2 Å². The molecule has 1 aromatic heterocycles. The lowest BCUT2D eigenvalue weighted by atomic mass is 9.96. The molecular weight excluding hydrogens is 328 g/mol. The van der Waals surface area contributed by atoms with Gasteiger partial charge >= 0.3 is 0 Å². The fraction of sp³-hybridized carbons (Fsp3) is 0.286. The van der Waals surface area contributed by atoms with Gasteiger partial charge in [0, 0.05) is 5.56 Å². The van der Waals surface area contributed by atoms with E-state index in [-0.39, 0.29) is 10.0 Å². The highest BCUT2D eigenvalue weighted by molar-refractivity contribution is 9.10. The number of hydrogen-bond acceptors (Lipinski definition) is 3. The second kappa shape index (κ2) is 5.93. The molecule has 1 unspecified atom stereocenters. The fourth-order valence-corrected chi connectivity index (χ4v) is 2.41. The summed E-state index contributed by atoms with van der Waals surface area (Å²) in [6, 6.07) is 3.31. The predicted molar refractivity (Wildman–Crippen MR) is 76.2 cm³/mol. The van der Waals surface area contributed by atoms with Gasteiger partial charge in [0.05, 0.1) is 21.9 Å².